The summed E-state index contributed by atoms with van der Waals surface area (Å²) in [6.07, 6.45) is 9.10. The van der Waals surface area contributed by atoms with Crippen molar-refractivity contribution in [1.29, 1.82) is 0 Å². The summed E-state index contributed by atoms with van der Waals surface area (Å²) in [5, 5.41) is 36.1. The first-order valence-corrected chi connectivity index (χ1v) is 15.1. The van der Waals surface area contributed by atoms with Gasteiger partial charge in [-0.2, -0.15) is 0 Å². The summed E-state index contributed by atoms with van der Waals surface area (Å²) in [7, 11) is -1.69. The molecule has 0 aliphatic rings. The average molecular weight is 656 g/mol. The van der Waals surface area contributed by atoms with Gasteiger partial charge in [0.15, 0.2) is 0 Å². The minimum absolute atomic E-state index is 0.0896. The Morgan fingerprint density at radius 3 is 1.54 bits per heavy atom. The number of nitrogens with one attached hydrogen (secondary N) is 3. The average Bonchev–Trinajstić information content (AvgIpc) is 3.09. The molecule has 2 heterocycles. The maximum atomic E-state index is 12.8. The smallest absolute Gasteiger partial charge is 0.475 e. The lowest BCUT2D eigenvalue weighted by molar-refractivity contribution is -0.139. The lowest BCUT2D eigenvalue weighted by Crippen LogP contribution is -2.55. The Bertz CT molecular complexity index is 1590. The summed E-state index contributed by atoms with van der Waals surface area (Å²) in [6.45, 7) is 3.83. The Labute approximate surface area is 278 Å². The highest BCUT2D eigenvalue weighted by molar-refractivity contribution is 6.43. The highest BCUT2D eigenvalue weighted by atomic mass is 16.4. The van der Waals surface area contributed by atoms with Gasteiger partial charge in [0.05, 0.1) is 18.3 Å². The molecule has 0 saturated carbocycles. The zero-order valence-electron chi connectivity index (χ0n) is 26.5. The summed E-state index contributed by atoms with van der Waals surface area (Å²) in [5.74, 6) is -3.37. The fourth-order valence-electron chi connectivity index (χ4n) is 4.45. The van der Waals surface area contributed by atoms with Gasteiger partial charge in [0.1, 0.15) is 23.5 Å². The van der Waals surface area contributed by atoms with Crippen LogP contribution in [-0.2, 0) is 22.4 Å². The Kier molecular flexibility index (Phi) is 14.8. The van der Waals surface area contributed by atoms with Gasteiger partial charge in [-0.1, -0.05) is 74.5 Å². The van der Waals surface area contributed by atoms with Gasteiger partial charge in [-0.05, 0) is 23.5 Å². The van der Waals surface area contributed by atoms with Gasteiger partial charge in [0.25, 0.3) is 11.8 Å². The Morgan fingerprint density at radius 2 is 1.15 bits per heavy atom. The van der Waals surface area contributed by atoms with Crippen LogP contribution in [-0.4, -0.2) is 83.9 Å². The number of carbonyl (C=O) groups excluding carboxylic acids is 3. The molecule has 0 fully saturated rings. The highest BCUT2D eigenvalue weighted by Crippen LogP contribution is 2.09. The zero-order chi connectivity index (χ0) is 34.9. The molecule has 250 valence electrons. The molecule has 0 aliphatic heterocycles. The Morgan fingerprint density at radius 1 is 0.688 bits per heavy atom. The number of rotatable bonds is 14. The van der Waals surface area contributed by atoms with E-state index >= 15 is 0 Å². The van der Waals surface area contributed by atoms with Crippen LogP contribution in [0.1, 0.15) is 52.4 Å². The van der Waals surface area contributed by atoms with Crippen LogP contribution < -0.4 is 16.0 Å². The summed E-state index contributed by atoms with van der Waals surface area (Å²) < 4.78 is 0. The minimum atomic E-state index is -1.69. The Balaban J connectivity index is 0.000000275. The second kappa shape index (κ2) is 19.2. The van der Waals surface area contributed by atoms with Crippen LogP contribution in [0.2, 0.25) is 0 Å². The summed E-state index contributed by atoms with van der Waals surface area (Å²) in [6, 6.07) is 16.4. The van der Waals surface area contributed by atoms with Crippen molar-refractivity contribution in [2.24, 2.45) is 5.92 Å². The quantitative estimate of drug-likeness (QED) is 0.106. The third kappa shape index (κ3) is 12.7. The highest BCUT2D eigenvalue weighted by Gasteiger charge is 2.30. The number of carboxylic acid groups (broad SMARTS) is 1. The van der Waals surface area contributed by atoms with Gasteiger partial charge in [-0.15, -0.1) is 0 Å². The number of hydrogen-bond acceptors (Lipinski definition) is 10. The molecule has 48 heavy (non-hydrogen) atoms. The molecular weight excluding hydrogens is 617 g/mol. The second-order valence-electron chi connectivity index (χ2n) is 11.1. The molecule has 4 aromatic rings. The van der Waals surface area contributed by atoms with Crippen LogP contribution in [0, 0.1) is 5.92 Å². The molecule has 3 atom stereocenters. The van der Waals surface area contributed by atoms with Crippen molar-refractivity contribution in [3.63, 3.8) is 0 Å². The van der Waals surface area contributed by atoms with Gasteiger partial charge in [-0.3, -0.25) is 24.4 Å². The third-order valence-electron chi connectivity index (χ3n) is 6.80. The van der Waals surface area contributed by atoms with Gasteiger partial charge >= 0.3 is 13.1 Å². The zero-order valence-corrected chi connectivity index (χ0v) is 26.5. The molecule has 2 aromatic heterocycles. The van der Waals surface area contributed by atoms with E-state index in [1.165, 1.54) is 37.2 Å². The number of carbonyl (C=O) groups is 4. The van der Waals surface area contributed by atoms with Crippen LogP contribution in [0.4, 0.5) is 0 Å². The number of aliphatic carboxylic acids is 1. The standard InChI is InChI=1S/C19H25BN4O4.C14H13N3O3/c1-13(2)10-17(20(27)28)24-18(25)15(11-14-6-4-3-5-7-14)23-19(26)16-12-21-8-9-22-16;18-13(12-9-15-6-7-16-12)17-11(14(19)20)8-10-4-2-1-3-5-10/h3-9,12-13,15,17,27-28H,10-11H2,1-2H3,(H,23,26)(H,24,25);1-7,9,11H,8H2,(H,17,18)(H,19,20)/t15-,17-;11-/m00/s1. The third-order valence-corrected chi connectivity index (χ3v) is 6.80. The van der Waals surface area contributed by atoms with Crippen LogP contribution in [0.3, 0.4) is 0 Å². The van der Waals surface area contributed by atoms with Crippen LogP contribution >= 0.6 is 0 Å². The molecule has 0 bridgehead atoms. The van der Waals surface area contributed by atoms with E-state index < -0.39 is 48.8 Å². The molecule has 0 spiro atoms. The molecule has 0 aliphatic carbocycles. The Hall–Kier alpha value is -5.54. The molecule has 2 aromatic carbocycles. The van der Waals surface area contributed by atoms with E-state index in [1.54, 1.807) is 0 Å². The first-order valence-electron chi connectivity index (χ1n) is 15.1. The molecule has 15 heteroatoms. The van der Waals surface area contributed by atoms with Crippen LogP contribution in [0.5, 0.6) is 0 Å². The number of amides is 3. The summed E-state index contributed by atoms with van der Waals surface area (Å²) in [4.78, 5) is 63.8. The second-order valence-corrected chi connectivity index (χ2v) is 11.1. The van der Waals surface area contributed by atoms with Gasteiger partial charge < -0.3 is 31.1 Å². The van der Waals surface area contributed by atoms with Gasteiger partial charge in [0.2, 0.25) is 5.91 Å². The fraction of sp³-hybridized carbons (Fsp3) is 0.273. The fourth-order valence-corrected chi connectivity index (χ4v) is 4.45. The maximum absolute atomic E-state index is 12.8. The minimum Gasteiger partial charge on any atom is -0.480 e. The van der Waals surface area contributed by atoms with Crippen molar-refractivity contribution in [2.45, 2.75) is 51.1 Å². The van der Waals surface area contributed by atoms with Crippen molar-refractivity contribution >= 4 is 30.8 Å². The molecule has 3 amide bonds. The molecule has 14 nitrogen and oxygen atoms in total. The van der Waals surface area contributed by atoms with Crippen LogP contribution in [0.15, 0.2) is 97.8 Å². The number of hydrogen-bond donors (Lipinski definition) is 6. The van der Waals surface area contributed by atoms with E-state index in [9.17, 15) is 34.3 Å². The predicted octanol–water partition coefficient (Wildman–Crippen LogP) is 1.26. The van der Waals surface area contributed by atoms with E-state index in [0.29, 0.717) is 6.42 Å². The molecule has 0 saturated heterocycles. The normalized spacial score (nSPS) is 12.4. The SMILES string of the molecule is CC(C)C[C@H](NC(=O)[C@H](Cc1ccccc1)NC(=O)c1cnccn1)B(O)O.O=C(N[C@@H](Cc1ccccc1)C(=O)O)c1cnccn1. The number of aromatic nitrogens is 4. The number of carboxylic acids is 1. The summed E-state index contributed by atoms with van der Waals surface area (Å²) in [5.41, 5.74) is 1.87. The summed E-state index contributed by atoms with van der Waals surface area (Å²) >= 11 is 0. The molecular formula is C33H38BN7O7. The molecule has 0 unspecified atom stereocenters. The number of nitrogens with zero attached hydrogens (tertiary/aromatic N) is 4. The molecule has 4 rings (SSSR count). The van der Waals surface area contributed by atoms with E-state index in [4.69, 9.17) is 0 Å². The molecule has 0 radical (unpaired) electrons. The van der Waals surface area contributed by atoms with Gasteiger partial charge in [-0.25, -0.2) is 14.8 Å². The van der Waals surface area contributed by atoms with Crippen molar-refractivity contribution < 1.29 is 34.3 Å². The van der Waals surface area contributed by atoms with E-state index in [1.807, 2.05) is 74.5 Å². The van der Waals surface area contributed by atoms with Gasteiger partial charge in [0, 0.05) is 37.6 Å². The van der Waals surface area contributed by atoms with Crippen molar-refractivity contribution in [3.05, 3.63) is 120 Å². The van der Waals surface area contributed by atoms with Crippen molar-refractivity contribution in [3.8, 4) is 0 Å². The van der Waals surface area contributed by atoms with Crippen molar-refractivity contribution in [2.75, 3.05) is 0 Å². The first kappa shape index (κ1) is 36.9. The topological polar surface area (TPSA) is 217 Å². The van der Waals surface area contributed by atoms with E-state index in [0.717, 1.165) is 11.1 Å². The van der Waals surface area contributed by atoms with Crippen molar-refractivity contribution in [1.82, 2.24) is 35.9 Å². The number of benzene rings is 2. The largest absolute Gasteiger partial charge is 0.480 e. The lowest BCUT2D eigenvalue weighted by Gasteiger charge is -2.24. The molecule has 6 N–H and O–H groups in total. The lowest BCUT2D eigenvalue weighted by atomic mass is 9.75. The predicted molar refractivity (Wildman–Crippen MR) is 176 cm³/mol. The van der Waals surface area contributed by atoms with E-state index in [-0.39, 0.29) is 30.1 Å². The monoisotopic (exact) mass is 655 g/mol. The van der Waals surface area contributed by atoms with E-state index in [2.05, 4.69) is 35.9 Å². The first-order chi connectivity index (χ1) is 23.0. The van der Waals surface area contributed by atoms with Crippen LogP contribution in [0.25, 0.3) is 0 Å². The maximum Gasteiger partial charge on any atom is 0.475 e.